The number of halogens is 1. The van der Waals surface area contributed by atoms with Gasteiger partial charge in [0.05, 0.1) is 10.6 Å². The summed E-state index contributed by atoms with van der Waals surface area (Å²) in [5.74, 6) is 0.998. The zero-order valence-electron chi connectivity index (χ0n) is 21.4. The number of anilines is 1. The Morgan fingerprint density at radius 3 is 2.33 bits per heavy atom. The Morgan fingerprint density at radius 1 is 1.14 bits per heavy atom. The van der Waals surface area contributed by atoms with Crippen LogP contribution in [0.5, 0.6) is 5.75 Å². The van der Waals surface area contributed by atoms with Crippen LogP contribution >= 0.6 is 11.6 Å². The molecule has 4 rings (SSSR count). The fourth-order valence-corrected chi connectivity index (χ4v) is 6.41. The van der Waals surface area contributed by atoms with Crippen molar-refractivity contribution < 1.29 is 14.3 Å². The monoisotopic (exact) mass is 507 g/mol. The fraction of sp³-hybridized carbons (Fsp3) is 0.483. The summed E-state index contributed by atoms with van der Waals surface area (Å²) in [5.41, 5.74) is 1.52. The largest absolute Gasteiger partial charge is 0.489 e. The second kappa shape index (κ2) is 10.1. The van der Waals surface area contributed by atoms with Gasteiger partial charge in [-0.1, -0.05) is 39.3 Å². The number of aldehydes is 1. The summed E-state index contributed by atoms with van der Waals surface area (Å²) in [6, 6.07) is 14.8. The van der Waals surface area contributed by atoms with Crippen molar-refractivity contribution in [1.29, 1.82) is 5.26 Å². The smallest absolute Gasteiger partial charge is 0.251 e. The van der Waals surface area contributed by atoms with E-state index in [0.717, 1.165) is 37.9 Å². The molecule has 0 unspecified atom stereocenters. The van der Waals surface area contributed by atoms with Crippen LogP contribution in [-0.4, -0.2) is 37.4 Å². The van der Waals surface area contributed by atoms with Gasteiger partial charge in [0.1, 0.15) is 24.2 Å². The average molecular weight is 508 g/mol. The third-order valence-corrected chi connectivity index (χ3v) is 8.28. The molecule has 2 fully saturated rings. The zero-order valence-corrected chi connectivity index (χ0v) is 22.1. The highest BCUT2D eigenvalue weighted by Crippen LogP contribution is 2.55. The Balaban J connectivity index is 1.39. The minimum absolute atomic E-state index is 0.0899. The number of carbonyl (C=O) groups is 2. The van der Waals surface area contributed by atoms with E-state index in [1.54, 1.807) is 18.2 Å². The molecule has 1 N–H and O–H groups in total. The average Bonchev–Trinajstić information content (AvgIpc) is 2.86. The number of ether oxygens (including phenoxy) is 1. The SMILES string of the molecule is CC1(C)C(NC(=O)c2ccc(N3CCC(CC=O)CC3)cc2)C(C)(C)C1Oc1ccc(C#N)c(Cl)c1. The molecule has 2 aromatic rings. The van der Waals surface area contributed by atoms with E-state index in [9.17, 15) is 9.59 Å². The van der Waals surface area contributed by atoms with Crippen molar-refractivity contribution in [3.63, 3.8) is 0 Å². The van der Waals surface area contributed by atoms with E-state index in [2.05, 4.69) is 44.0 Å². The van der Waals surface area contributed by atoms with E-state index in [4.69, 9.17) is 21.6 Å². The van der Waals surface area contributed by atoms with E-state index in [0.29, 0.717) is 34.2 Å². The standard InChI is InChI=1S/C29H34ClN3O3/c1-28(2)26(29(3,4)27(28)36-23-10-7-21(18-31)24(30)17-23)32-25(35)20-5-8-22(9-6-20)33-14-11-19(12-15-33)13-16-34/h5-10,16-17,19,26-27H,11-15H2,1-4H3,(H,32,35). The summed E-state index contributed by atoms with van der Waals surface area (Å²) < 4.78 is 6.31. The van der Waals surface area contributed by atoms with Gasteiger partial charge in [0.2, 0.25) is 0 Å². The highest BCUT2D eigenvalue weighted by Gasteiger charge is 2.64. The highest BCUT2D eigenvalue weighted by molar-refractivity contribution is 6.31. The summed E-state index contributed by atoms with van der Waals surface area (Å²) in [6.07, 6.45) is 3.56. The van der Waals surface area contributed by atoms with Crippen LogP contribution in [0.1, 0.15) is 62.9 Å². The Bertz CT molecular complexity index is 1150. The van der Waals surface area contributed by atoms with Crippen LogP contribution in [0, 0.1) is 28.1 Å². The Hall–Kier alpha value is -3.04. The molecule has 1 amide bonds. The molecule has 2 aromatic carbocycles. The number of rotatable bonds is 7. The Kier molecular flexibility index (Phi) is 7.33. The van der Waals surface area contributed by atoms with E-state index in [1.807, 2.05) is 24.3 Å². The Labute approximate surface area is 218 Å². The minimum atomic E-state index is -0.314. The summed E-state index contributed by atoms with van der Waals surface area (Å²) >= 11 is 6.19. The van der Waals surface area contributed by atoms with E-state index in [1.165, 1.54) is 0 Å². The van der Waals surface area contributed by atoms with Gasteiger partial charge in [0, 0.05) is 53.7 Å². The third-order valence-electron chi connectivity index (χ3n) is 7.97. The topological polar surface area (TPSA) is 82.4 Å². The molecule has 190 valence electrons. The number of hydrogen-bond donors (Lipinski definition) is 1. The summed E-state index contributed by atoms with van der Waals surface area (Å²) in [4.78, 5) is 26.2. The molecule has 36 heavy (non-hydrogen) atoms. The van der Waals surface area contributed by atoms with Gasteiger partial charge in [-0.3, -0.25) is 4.79 Å². The molecule has 0 spiro atoms. The quantitative estimate of drug-likeness (QED) is 0.491. The van der Waals surface area contributed by atoms with Crippen LogP contribution in [0.4, 0.5) is 5.69 Å². The first-order chi connectivity index (χ1) is 17.1. The lowest BCUT2D eigenvalue weighted by Crippen LogP contribution is -2.74. The van der Waals surface area contributed by atoms with Crippen molar-refractivity contribution in [1.82, 2.24) is 5.32 Å². The van der Waals surface area contributed by atoms with E-state index >= 15 is 0 Å². The molecule has 0 aromatic heterocycles. The second-order valence-corrected chi connectivity index (χ2v) is 11.6. The normalized spacial score (nSPS) is 22.7. The van der Waals surface area contributed by atoms with Crippen molar-refractivity contribution in [3.05, 3.63) is 58.6 Å². The second-order valence-electron chi connectivity index (χ2n) is 11.2. The number of hydrogen-bond acceptors (Lipinski definition) is 5. The van der Waals surface area contributed by atoms with Gasteiger partial charge in [0.25, 0.3) is 5.91 Å². The minimum Gasteiger partial charge on any atom is -0.489 e. The highest BCUT2D eigenvalue weighted by atomic mass is 35.5. The Morgan fingerprint density at radius 2 is 1.78 bits per heavy atom. The van der Waals surface area contributed by atoms with Crippen molar-refractivity contribution >= 4 is 29.5 Å². The van der Waals surface area contributed by atoms with Gasteiger partial charge in [-0.2, -0.15) is 5.26 Å². The molecule has 1 heterocycles. The lowest BCUT2D eigenvalue weighted by molar-refractivity contribution is -0.164. The van der Waals surface area contributed by atoms with Crippen molar-refractivity contribution in [2.45, 2.75) is 59.1 Å². The van der Waals surface area contributed by atoms with Gasteiger partial charge in [-0.25, -0.2) is 0 Å². The van der Waals surface area contributed by atoms with Crippen molar-refractivity contribution in [2.75, 3.05) is 18.0 Å². The van der Waals surface area contributed by atoms with Crippen molar-refractivity contribution in [3.8, 4) is 11.8 Å². The number of piperidine rings is 1. The maximum atomic E-state index is 13.2. The van der Waals surface area contributed by atoms with Crippen LogP contribution in [0.3, 0.4) is 0 Å². The van der Waals surface area contributed by atoms with Gasteiger partial charge in [-0.15, -0.1) is 0 Å². The number of carbonyl (C=O) groups excluding carboxylic acids is 2. The van der Waals surface area contributed by atoms with Gasteiger partial charge in [-0.05, 0) is 55.2 Å². The maximum Gasteiger partial charge on any atom is 0.251 e. The first-order valence-electron chi connectivity index (χ1n) is 12.5. The first kappa shape index (κ1) is 26.0. The molecule has 2 aliphatic rings. The molecule has 1 saturated carbocycles. The summed E-state index contributed by atoms with van der Waals surface area (Å²) in [5, 5.41) is 12.7. The number of nitrogens with one attached hydrogen (secondary N) is 1. The lowest BCUT2D eigenvalue weighted by atomic mass is 9.49. The summed E-state index contributed by atoms with van der Waals surface area (Å²) in [7, 11) is 0. The molecule has 0 bridgehead atoms. The fourth-order valence-electron chi connectivity index (χ4n) is 6.20. The number of amides is 1. The van der Waals surface area contributed by atoms with Crippen LogP contribution in [0.25, 0.3) is 0 Å². The molecule has 1 aliphatic heterocycles. The van der Waals surface area contributed by atoms with Crippen LogP contribution in [-0.2, 0) is 4.79 Å². The maximum absolute atomic E-state index is 13.2. The van der Waals surface area contributed by atoms with Gasteiger partial charge in [0.15, 0.2) is 0 Å². The molecular weight excluding hydrogens is 474 g/mol. The number of benzene rings is 2. The molecule has 0 radical (unpaired) electrons. The van der Waals surface area contributed by atoms with Gasteiger partial charge >= 0.3 is 0 Å². The predicted molar refractivity (Wildman–Crippen MR) is 141 cm³/mol. The van der Waals surface area contributed by atoms with Gasteiger partial charge < -0.3 is 19.7 Å². The number of nitrogens with zero attached hydrogens (tertiary/aromatic N) is 2. The molecule has 6 nitrogen and oxygen atoms in total. The van der Waals surface area contributed by atoms with E-state index in [-0.39, 0.29) is 28.9 Å². The van der Waals surface area contributed by atoms with Crippen molar-refractivity contribution in [2.24, 2.45) is 16.7 Å². The third kappa shape index (κ3) is 4.95. The molecule has 1 aliphatic carbocycles. The van der Waals surface area contributed by atoms with Crippen LogP contribution < -0.4 is 15.0 Å². The van der Waals surface area contributed by atoms with Crippen LogP contribution in [0.2, 0.25) is 5.02 Å². The van der Waals surface area contributed by atoms with Crippen LogP contribution in [0.15, 0.2) is 42.5 Å². The molecular formula is C29H34ClN3O3. The first-order valence-corrected chi connectivity index (χ1v) is 12.9. The molecule has 0 atom stereocenters. The molecule has 7 heteroatoms. The zero-order chi connectivity index (χ0) is 26.1. The predicted octanol–water partition coefficient (Wildman–Crippen LogP) is 5.63. The molecule has 1 saturated heterocycles. The summed E-state index contributed by atoms with van der Waals surface area (Å²) in [6.45, 7) is 10.2. The lowest BCUT2D eigenvalue weighted by Gasteiger charge is -2.63. The van der Waals surface area contributed by atoms with E-state index < -0.39 is 0 Å². The number of nitriles is 1.